The molecule has 2 unspecified atom stereocenters. The van der Waals surface area contributed by atoms with E-state index in [1.165, 1.54) is 11.3 Å². The molecule has 0 radical (unpaired) electrons. The number of hydrogen-bond acceptors (Lipinski definition) is 4. The van der Waals surface area contributed by atoms with E-state index in [9.17, 15) is 9.59 Å². The van der Waals surface area contributed by atoms with Crippen molar-refractivity contribution in [3.05, 3.63) is 22.4 Å². The Balaban J connectivity index is 1.89. The van der Waals surface area contributed by atoms with E-state index in [0.29, 0.717) is 26.2 Å². The zero-order valence-corrected chi connectivity index (χ0v) is 12.7. The van der Waals surface area contributed by atoms with Gasteiger partial charge in [-0.05, 0) is 18.4 Å². The van der Waals surface area contributed by atoms with Gasteiger partial charge in [0.05, 0.1) is 11.5 Å². The molecule has 0 aliphatic carbocycles. The molecule has 2 atom stereocenters. The van der Waals surface area contributed by atoms with Crippen LogP contribution >= 0.6 is 11.3 Å². The first-order valence-electron chi connectivity index (χ1n) is 6.86. The van der Waals surface area contributed by atoms with Crippen LogP contribution in [0.15, 0.2) is 16.8 Å². The highest BCUT2D eigenvalue weighted by atomic mass is 32.1. The molecule has 1 fully saturated rings. The Labute approximate surface area is 123 Å². The van der Waals surface area contributed by atoms with E-state index in [2.05, 4.69) is 0 Å². The summed E-state index contributed by atoms with van der Waals surface area (Å²) in [4.78, 5) is 28.0. The smallest absolute Gasteiger partial charge is 0.254 e. The summed E-state index contributed by atoms with van der Waals surface area (Å²) in [5.74, 6) is -0.0321. The molecule has 1 aliphatic rings. The number of hydrogen-bond donors (Lipinski definition) is 1. The molecule has 2 rings (SSSR count). The summed E-state index contributed by atoms with van der Waals surface area (Å²) in [5, 5.41) is 3.76. The maximum atomic E-state index is 12.2. The number of amides is 2. The van der Waals surface area contributed by atoms with E-state index in [-0.39, 0.29) is 23.8 Å². The highest BCUT2D eigenvalue weighted by molar-refractivity contribution is 7.08. The van der Waals surface area contributed by atoms with Crippen molar-refractivity contribution in [2.45, 2.75) is 19.9 Å². The summed E-state index contributed by atoms with van der Waals surface area (Å²) in [6.45, 7) is 6.06. The van der Waals surface area contributed by atoms with Gasteiger partial charge in [-0.3, -0.25) is 9.59 Å². The summed E-state index contributed by atoms with van der Waals surface area (Å²) in [7, 11) is 0. The van der Waals surface area contributed by atoms with Crippen LogP contribution in [0.1, 0.15) is 24.2 Å². The van der Waals surface area contributed by atoms with E-state index in [1.807, 2.05) is 40.5 Å². The van der Waals surface area contributed by atoms with Crippen LogP contribution in [0.4, 0.5) is 0 Å². The van der Waals surface area contributed by atoms with Gasteiger partial charge in [0.25, 0.3) is 5.91 Å². The van der Waals surface area contributed by atoms with Crippen molar-refractivity contribution >= 4 is 23.2 Å². The Morgan fingerprint density at radius 1 is 1.20 bits per heavy atom. The summed E-state index contributed by atoms with van der Waals surface area (Å²) in [6.07, 6.45) is 0. The zero-order valence-electron chi connectivity index (χ0n) is 11.9. The van der Waals surface area contributed by atoms with Gasteiger partial charge in [-0.2, -0.15) is 11.3 Å². The SMILES string of the molecule is CC(N)C(C)C(=O)N1CCN(C(=O)c2ccsc2)CC1. The molecule has 2 heterocycles. The van der Waals surface area contributed by atoms with E-state index < -0.39 is 0 Å². The fraction of sp³-hybridized carbons (Fsp3) is 0.571. The molecule has 1 aromatic rings. The van der Waals surface area contributed by atoms with Gasteiger partial charge in [-0.1, -0.05) is 6.92 Å². The average molecular weight is 295 g/mol. The van der Waals surface area contributed by atoms with Gasteiger partial charge in [0, 0.05) is 37.6 Å². The van der Waals surface area contributed by atoms with Gasteiger partial charge in [0.15, 0.2) is 0 Å². The topological polar surface area (TPSA) is 66.6 Å². The van der Waals surface area contributed by atoms with Crippen molar-refractivity contribution in [1.82, 2.24) is 9.80 Å². The van der Waals surface area contributed by atoms with Gasteiger partial charge < -0.3 is 15.5 Å². The second kappa shape index (κ2) is 6.37. The van der Waals surface area contributed by atoms with Crippen molar-refractivity contribution in [2.24, 2.45) is 11.7 Å². The third-order valence-corrected chi connectivity index (χ3v) is 4.51. The first kappa shape index (κ1) is 15.0. The lowest BCUT2D eigenvalue weighted by Gasteiger charge is -2.36. The molecule has 0 bridgehead atoms. The quantitative estimate of drug-likeness (QED) is 0.905. The standard InChI is InChI=1S/C14H21N3O2S/c1-10(11(2)15)13(18)16-4-6-17(7-5-16)14(19)12-3-8-20-9-12/h3,8-11H,4-7,15H2,1-2H3. The zero-order chi connectivity index (χ0) is 14.7. The minimum atomic E-state index is -0.172. The van der Waals surface area contributed by atoms with E-state index in [0.717, 1.165) is 5.56 Å². The van der Waals surface area contributed by atoms with Crippen molar-refractivity contribution in [3.63, 3.8) is 0 Å². The molecule has 20 heavy (non-hydrogen) atoms. The summed E-state index contributed by atoms with van der Waals surface area (Å²) in [6, 6.07) is 1.69. The Morgan fingerprint density at radius 2 is 1.80 bits per heavy atom. The second-order valence-electron chi connectivity index (χ2n) is 5.28. The summed E-state index contributed by atoms with van der Waals surface area (Å²) < 4.78 is 0. The molecule has 1 saturated heterocycles. The number of rotatable bonds is 3. The molecule has 1 aromatic heterocycles. The van der Waals surface area contributed by atoms with E-state index in [1.54, 1.807) is 0 Å². The summed E-state index contributed by atoms with van der Waals surface area (Å²) in [5.41, 5.74) is 6.51. The molecule has 2 amide bonds. The highest BCUT2D eigenvalue weighted by Gasteiger charge is 2.28. The van der Waals surface area contributed by atoms with Crippen LogP contribution in [0.2, 0.25) is 0 Å². The number of piperazine rings is 1. The molecular formula is C14H21N3O2S. The lowest BCUT2D eigenvalue weighted by Crippen LogP contribution is -2.53. The van der Waals surface area contributed by atoms with Gasteiger partial charge in [0.2, 0.25) is 5.91 Å². The van der Waals surface area contributed by atoms with E-state index in [4.69, 9.17) is 5.73 Å². The van der Waals surface area contributed by atoms with E-state index >= 15 is 0 Å². The van der Waals surface area contributed by atoms with Crippen LogP contribution in [-0.4, -0.2) is 53.8 Å². The average Bonchev–Trinajstić information content (AvgIpc) is 2.99. The lowest BCUT2D eigenvalue weighted by atomic mass is 10.0. The van der Waals surface area contributed by atoms with Gasteiger partial charge in [-0.15, -0.1) is 0 Å². The van der Waals surface area contributed by atoms with Gasteiger partial charge >= 0.3 is 0 Å². The molecule has 0 aromatic carbocycles. The Kier molecular flexibility index (Phi) is 4.77. The molecule has 2 N–H and O–H groups in total. The number of nitrogens with zero attached hydrogens (tertiary/aromatic N) is 2. The molecular weight excluding hydrogens is 274 g/mol. The lowest BCUT2D eigenvalue weighted by molar-refractivity contribution is -0.137. The molecule has 0 spiro atoms. The first-order chi connectivity index (χ1) is 9.50. The largest absolute Gasteiger partial charge is 0.339 e. The van der Waals surface area contributed by atoms with Crippen LogP contribution < -0.4 is 5.73 Å². The van der Waals surface area contributed by atoms with Crippen molar-refractivity contribution in [3.8, 4) is 0 Å². The van der Waals surface area contributed by atoms with Gasteiger partial charge in [0.1, 0.15) is 0 Å². The van der Waals surface area contributed by atoms with Gasteiger partial charge in [-0.25, -0.2) is 0 Å². The Hall–Kier alpha value is -1.40. The molecule has 6 heteroatoms. The Morgan fingerprint density at radius 3 is 2.30 bits per heavy atom. The predicted molar refractivity (Wildman–Crippen MR) is 79.6 cm³/mol. The third kappa shape index (κ3) is 3.19. The monoisotopic (exact) mass is 295 g/mol. The van der Waals surface area contributed by atoms with Crippen LogP contribution in [0.25, 0.3) is 0 Å². The minimum Gasteiger partial charge on any atom is -0.339 e. The fourth-order valence-corrected chi connectivity index (χ4v) is 2.84. The second-order valence-corrected chi connectivity index (χ2v) is 6.06. The molecule has 110 valence electrons. The predicted octanol–water partition coefficient (Wildman–Crippen LogP) is 1.02. The fourth-order valence-electron chi connectivity index (χ4n) is 2.21. The first-order valence-corrected chi connectivity index (χ1v) is 7.81. The van der Waals surface area contributed by atoms with Crippen molar-refractivity contribution in [1.29, 1.82) is 0 Å². The molecule has 5 nitrogen and oxygen atoms in total. The highest BCUT2D eigenvalue weighted by Crippen LogP contribution is 2.14. The third-order valence-electron chi connectivity index (χ3n) is 3.82. The number of nitrogens with two attached hydrogens (primary N) is 1. The molecule has 0 saturated carbocycles. The molecule has 1 aliphatic heterocycles. The summed E-state index contributed by atoms with van der Waals surface area (Å²) >= 11 is 1.52. The van der Waals surface area contributed by atoms with Crippen molar-refractivity contribution in [2.75, 3.05) is 26.2 Å². The van der Waals surface area contributed by atoms with Crippen LogP contribution in [0.5, 0.6) is 0 Å². The van der Waals surface area contributed by atoms with Crippen LogP contribution in [0.3, 0.4) is 0 Å². The number of carbonyl (C=O) groups is 2. The number of thiophene rings is 1. The van der Waals surface area contributed by atoms with Crippen molar-refractivity contribution < 1.29 is 9.59 Å². The van der Waals surface area contributed by atoms with Crippen LogP contribution in [0, 0.1) is 5.92 Å². The minimum absolute atomic E-state index is 0.0543. The Bertz CT molecular complexity index is 465. The van der Waals surface area contributed by atoms with Crippen LogP contribution in [-0.2, 0) is 4.79 Å². The maximum absolute atomic E-state index is 12.2. The maximum Gasteiger partial charge on any atom is 0.254 e. The normalized spacial score (nSPS) is 18.8. The number of carbonyl (C=O) groups excluding carboxylic acids is 2.